The minimum absolute atomic E-state index is 0.0123. The fourth-order valence-corrected chi connectivity index (χ4v) is 4.33. The summed E-state index contributed by atoms with van der Waals surface area (Å²) < 4.78 is 13.4. The molecule has 0 heterocycles. The van der Waals surface area contributed by atoms with Crippen LogP contribution in [0.1, 0.15) is 20.3 Å². The Hall–Kier alpha value is -0.960. The van der Waals surface area contributed by atoms with Crippen molar-refractivity contribution in [3.63, 3.8) is 0 Å². The zero-order valence-corrected chi connectivity index (χ0v) is 10.3. The van der Waals surface area contributed by atoms with Gasteiger partial charge in [-0.2, -0.15) is 0 Å². The van der Waals surface area contributed by atoms with Crippen molar-refractivity contribution in [1.29, 1.82) is 0 Å². The Morgan fingerprint density at radius 1 is 1.35 bits per heavy atom. The fourth-order valence-electron chi connectivity index (χ4n) is 3.72. The highest BCUT2D eigenvalue weighted by molar-refractivity contribution is 6.42. The number of hydrogen-bond acceptors (Lipinski definition) is 2. The number of carbonyl (C=O) groups is 2. The summed E-state index contributed by atoms with van der Waals surface area (Å²) >= 11 is 6.38. The first-order valence-corrected chi connectivity index (χ1v) is 6.08. The van der Waals surface area contributed by atoms with Gasteiger partial charge in [-0.1, -0.05) is 11.1 Å². The van der Waals surface area contributed by atoms with E-state index >= 15 is 0 Å². The predicted octanol–water partition coefficient (Wildman–Crippen LogP) is 2.57. The summed E-state index contributed by atoms with van der Waals surface area (Å²) in [7, 11) is 0. The molecule has 17 heavy (non-hydrogen) atoms. The van der Waals surface area contributed by atoms with Gasteiger partial charge in [0, 0.05) is 12.0 Å². The number of hydrogen-bond donors (Lipinski definition) is 0. The molecule has 0 radical (unpaired) electrons. The van der Waals surface area contributed by atoms with Gasteiger partial charge in [-0.3, -0.25) is 9.59 Å². The summed E-state index contributed by atoms with van der Waals surface area (Å²) in [5, 5.41) is 0. The lowest BCUT2D eigenvalue weighted by Crippen LogP contribution is -2.51. The van der Waals surface area contributed by atoms with Gasteiger partial charge in [0.15, 0.2) is 11.6 Å². The van der Waals surface area contributed by atoms with E-state index in [1.807, 2.05) is 13.8 Å². The zero-order chi connectivity index (χ0) is 12.5. The molecule has 4 heteroatoms. The molecule has 2 bridgehead atoms. The van der Waals surface area contributed by atoms with Crippen LogP contribution in [0.5, 0.6) is 0 Å². The number of Topliss-reactive ketones (excluding diaryl/α,β-unsaturated/α-hetero) is 1. The third-order valence-corrected chi connectivity index (χ3v) is 5.36. The quantitative estimate of drug-likeness (QED) is 0.492. The number of rotatable bonds is 0. The van der Waals surface area contributed by atoms with E-state index in [1.54, 1.807) is 0 Å². The molecule has 1 saturated carbocycles. The minimum Gasteiger partial charge on any atom is -0.294 e. The molecule has 0 aliphatic heterocycles. The van der Waals surface area contributed by atoms with Crippen LogP contribution in [0.3, 0.4) is 0 Å². The Morgan fingerprint density at radius 3 is 2.65 bits per heavy atom. The Labute approximate surface area is 104 Å². The third kappa shape index (κ3) is 1.06. The Kier molecular flexibility index (Phi) is 2.02. The van der Waals surface area contributed by atoms with Gasteiger partial charge in [0.2, 0.25) is 5.78 Å². The van der Waals surface area contributed by atoms with E-state index in [-0.39, 0.29) is 17.6 Å². The van der Waals surface area contributed by atoms with Crippen molar-refractivity contribution >= 4 is 23.2 Å². The molecular formula is C13H12ClFO2. The molecular weight excluding hydrogens is 243 g/mol. The van der Waals surface area contributed by atoms with Gasteiger partial charge >= 0.3 is 0 Å². The van der Waals surface area contributed by atoms with E-state index in [0.29, 0.717) is 6.42 Å². The predicted molar refractivity (Wildman–Crippen MR) is 61.3 cm³/mol. The van der Waals surface area contributed by atoms with Gasteiger partial charge < -0.3 is 0 Å². The van der Waals surface area contributed by atoms with Crippen molar-refractivity contribution in [2.24, 2.45) is 17.8 Å². The van der Waals surface area contributed by atoms with Crippen molar-refractivity contribution in [2.45, 2.75) is 25.1 Å². The molecule has 0 aromatic rings. The van der Waals surface area contributed by atoms with Gasteiger partial charge in [0.25, 0.3) is 0 Å². The highest BCUT2D eigenvalue weighted by Crippen LogP contribution is 2.62. The second kappa shape index (κ2) is 3.08. The van der Waals surface area contributed by atoms with Gasteiger partial charge in [0.05, 0.1) is 5.92 Å². The Balaban J connectivity index is 2.21. The van der Waals surface area contributed by atoms with Crippen LogP contribution in [0.25, 0.3) is 0 Å². The van der Waals surface area contributed by atoms with Gasteiger partial charge in [0.1, 0.15) is 4.87 Å². The monoisotopic (exact) mass is 254 g/mol. The summed E-state index contributed by atoms with van der Waals surface area (Å²) in [4.78, 5) is 22.5. The number of allylic oxidation sites excluding steroid dienone is 4. The highest BCUT2D eigenvalue weighted by atomic mass is 35.5. The summed E-state index contributed by atoms with van der Waals surface area (Å²) in [6.07, 6.45) is 1.52. The average Bonchev–Trinajstić information content (AvgIpc) is 2.72. The maximum absolute atomic E-state index is 13.4. The number of ketones is 2. The average molecular weight is 255 g/mol. The minimum atomic E-state index is -1.36. The van der Waals surface area contributed by atoms with E-state index in [1.165, 1.54) is 0 Å². The molecule has 0 aromatic carbocycles. The normalized spacial score (nSPS) is 44.2. The molecule has 1 fully saturated rings. The lowest BCUT2D eigenvalue weighted by atomic mass is 9.69. The summed E-state index contributed by atoms with van der Waals surface area (Å²) in [5.74, 6) is -2.77. The van der Waals surface area contributed by atoms with Crippen molar-refractivity contribution in [2.75, 3.05) is 0 Å². The molecule has 3 aliphatic rings. The molecule has 3 rings (SSSR count). The van der Waals surface area contributed by atoms with Gasteiger partial charge in [-0.15, -0.1) is 11.6 Å². The third-order valence-electron chi connectivity index (χ3n) is 4.69. The molecule has 3 aliphatic carbocycles. The molecule has 4 atom stereocenters. The van der Waals surface area contributed by atoms with Crippen LogP contribution in [0.15, 0.2) is 23.0 Å². The Morgan fingerprint density at radius 2 is 2.00 bits per heavy atom. The molecule has 0 aromatic heterocycles. The van der Waals surface area contributed by atoms with E-state index in [9.17, 15) is 14.0 Å². The van der Waals surface area contributed by atoms with Crippen LogP contribution in [0, 0.1) is 17.8 Å². The van der Waals surface area contributed by atoms with Crippen LogP contribution in [-0.4, -0.2) is 16.4 Å². The lowest BCUT2D eigenvalue weighted by molar-refractivity contribution is -0.130. The molecule has 0 saturated heterocycles. The van der Waals surface area contributed by atoms with E-state index in [4.69, 9.17) is 11.6 Å². The second-order valence-electron chi connectivity index (χ2n) is 5.23. The summed E-state index contributed by atoms with van der Waals surface area (Å²) in [6, 6.07) is 0. The molecule has 2 nitrogen and oxygen atoms in total. The maximum atomic E-state index is 13.4. The van der Waals surface area contributed by atoms with Gasteiger partial charge in [-0.05, 0) is 26.2 Å². The molecule has 0 amide bonds. The first-order chi connectivity index (χ1) is 7.89. The van der Waals surface area contributed by atoms with E-state index < -0.39 is 22.4 Å². The maximum Gasteiger partial charge on any atom is 0.213 e. The molecule has 90 valence electrons. The van der Waals surface area contributed by atoms with Crippen molar-refractivity contribution in [3.05, 3.63) is 23.0 Å². The topological polar surface area (TPSA) is 34.1 Å². The lowest BCUT2D eigenvalue weighted by Gasteiger charge is -2.39. The van der Waals surface area contributed by atoms with Crippen LogP contribution in [0.2, 0.25) is 0 Å². The van der Waals surface area contributed by atoms with Crippen LogP contribution in [-0.2, 0) is 9.59 Å². The smallest absolute Gasteiger partial charge is 0.213 e. The SMILES string of the molecule is CC1=C(C)[C@@H]2C[C@H]1[C@]1(Cl)C(=O)C(F)=CC(=O)[C@H]21. The number of fused-ring (bicyclic) bond motifs is 5. The van der Waals surface area contributed by atoms with Crippen molar-refractivity contribution in [1.82, 2.24) is 0 Å². The van der Waals surface area contributed by atoms with E-state index in [2.05, 4.69) is 0 Å². The zero-order valence-electron chi connectivity index (χ0n) is 9.59. The van der Waals surface area contributed by atoms with E-state index in [0.717, 1.165) is 17.2 Å². The van der Waals surface area contributed by atoms with Crippen molar-refractivity contribution in [3.8, 4) is 0 Å². The highest BCUT2D eigenvalue weighted by Gasteiger charge is 2.66. The van der Waals surface area contributed by atoms with Crippen LogP contribution in [0.4, 0.5) is 4.39 Å². The van der Waals surface area contributed by atoms with Crippen molar-refractivity contribution < 1.29 is 14.0 Å². The number of carbonyl (C=O) groups excluding carboxylic acids is 2. The number of halogens is 2. The fraction of sp³-hybridized carbons (Fsp3) is 0.538. The molecule has 0 spiro atoms. The largest absolute Gasteiger partial charge is 0.294 e. The first kappa shape index (κ1) is 11.1. The summed E-state index contributed by atoms with van der Waals surface area (Å²) in [5.41, 5.74) is 2.20. The standard InChI is InChI=1S/C13H12ClFO2/c1-5-6(2)8-3-7(5)11-10(16)4-9(15)12(17)13(8,11)14/h4,7-8,11H,3H2,1-2H3/t7-,8+,11-,13+/m0/s1. The Bertz CT molecular complexity index is 520. The molecule has 0 N–H and O–H groups in total. The number of alkyl halides is 1. The second-order valence-corrected chi connectivity index (χ2v) is 5.86. The van der Waals surface area contributed by atoms with Crippen LogP contribution >= 0.6 is 11.6 Å². The first-order valence-electron chi connectivity index (χ1n) is 5.71. The molecule has 0 unspecified atom stereocenters. The van der Waals surface area contributed by atoms with Crippen LogP contribution < -0.4 is 0 Å². The summed E-state index contributed by atoms with van der Waals surface area (Å²) in [6.45, 7) is 3.90. The van der Waals surface area contributed by atoms with Gasteiger partial charge in [-0.25, -0.2) is 4.39 Å².